The van der Waals surface area contributed by atoms with E-state index in [2.05, 4.69) is 10.6 Å². The Morgan fingerprint density at radius 1 is 0.667 bits per heavy atom. The van der Waals surface area contributed by atoms with Gasteiger partial charge in [-0.15, -0.1) is 0 Å². The predicted octanol–water partition coefficient (Wildman–Crippen LogP) is 1.11. The van der Waals surface area contributed by atoms with E-state index in [1.54, 1.807) is 0 Å². The summed E-state index contributed by atoms with van der Waals surface area (Å²) in [7, 11) is 0. The molecule has 0 saturated carbocycles. The first kappa shape index (κ1) is 21.0. The lowest BCUT2D eigenvalue weighted by molar-refractivity contribution is -0.0149. The number of aliphatic hydroxyl groups is 4. The first-order valence-corrected chi connectivity index (χ1v) is 10.2. The third kappa shape index (κ3) is 4.75. The van der Waals surface area contributed by atoms with E-state index in [1.165, 1.54) is 0 Å². The van der Waals surface area contributed by atoms with Gasteiger partial charge in [-0.25, -0.2) is 0 Å². The lowest BCUT2D eigenvalue weighted by Crippen LogP contribution is -2.25. The van der Waals surface area contributed by atoms with Crippen molar-refractivity contribution in [3.05, 3.63) is 48.5 Å². The van der Waals surface area contributed by atoms with Crippen LogP contribution in [0, 0.1) is 0 Å². The summed E-state index contributed by atoms with van der Waals surface area (Å²) in [5, 5.41) is 44.4. The summed E-state index contributed by atoms with van der Waals surface area (Å²) in [6.07, 6.45) is -2.18. The largest absolute Gasteiger partial charge is 0.394 e. The van der Waals surface area contributed by atoms with Gasteiger partial charge in [-0.05, 0) is 35.4 Å². The van der Waals surface area contributed by atoms with Crippen LogP contribution in [0.5, 0.6) is 0 Å². The van der Waals surface area contributed by atoms with Crippen LogP contribution in [-0.4, -0.2) is 70.5 Å². The lowest BCUT2D eigenvalue weighted by Gasteiger charge is -2.16. The van der Waals surface area contributed by atoms with E-state index in [4.69, 9.17) is 9.47 Å². The minimum atomic E-state index is -0.661. The zero-order valence-electron chi connectivity index (χ0n) is 16.5. The smallest absolute Gasteiger partial charge is 0.130 e. The molecule has 8 nitrogen and oxygen atoms in total. The molecule has 0 aliphatic carbocycles. The molecule has 2 aliphatic rings. The van der Waals surface area contributed by atoms with Gasteiger partial charge in [-0.1, -0.05) is 24.3 Å². The van der Waals surface area contributed by atoms with Gasteiger partial charge in [0.05, 0.1) is 25.4 Å². The molecule has 2 heterocycles. The fraction of sp³-hybridized carbons (Fsp3) is 0.455. The van der Waals surface area contributed by atoms with E-state index in [1.807, 2.05) is 48.5 Å². The van der Waals surface area contributed by atoms with Gasteiger partial charge in [-0.3, -0.25) is 0 Å². The highest BCUT2D eigenvalue weighted by molar-refractivity contribution is 5.68. The maximum absolute atomic E-state index is 9.82. The van der Waals surface area contributed by atoms with Crippen molar-refractivity contribution in [2.75, 3.05) is 23.8 Å². The molecule has 6 N–H and O–H groups in total. The van der Waals surface area contributed by atoms with Gasteiger partial charge < -0.3 is 40.5 Å². The van der Waals surface area contributed by atoms with Crippen molar-refractivity contribution in [1.82, 2.24) is 0 Å². The summed E-state index contributed by atoms with van der Waals surface area (Å²) in [4.78, 5) is 0. The van der Waals surface area contributed by atoms with Crippen molar-refractivity contribution in [2.24, 2.45) is 0 Å². The fourth-order valence-electron chi connectivity index (χ4n) is 3.86. The van der Waals surface area contributed by atoms with Gasteiger partial charge in [0.1, 0.15) is 24.7 Å². The summed E-state index contributed by atoms with van der Waals surface area (Å²) >= 11 is 0. The molecule has 2 aromatic rings. The number of nitrogens with one attached hydrogen (secondary N) is 2. The van der Waals surface area contributed by atoms with Crippen LogP contribution in [0.15, 0.2) is 48.5 Å². The molecule has 0 unspecified atom stereocenters. The molecule has 2 aliphatic heterocycles. The quantitative estimate of drug-likeness (QED) is 0.397. The van der Waals surface area contributed by atoms with Crippen molar-refractivity contribution in [1.29, 1.82) is 0 Å². The Labute approximate surface area is 175 Å². The van der Waals surface area contributed by atoms with Gasteiger partial charge in [0, 0.05) is 24.2 Å². The second-order valence-corrected chi connectivity index (χ2v) is 7.74. The van der Waals surface area contributed by atoms with Crippen molar-refractivity contribution in [3.63, 3.8) is 0 Å². The number of anilines is 2. The number of rotatable bonds is 7. The minimum Gasteiger partial charge on any atom is -0.394 e. The van der Waals surface area contributed by atoms with Gasteiger partial charge in [0.2, 0.25) is 0 Å². The van der Waals surface area contributed by atoms with E-state index in [-0.39, 0.29) is 25.7 Å². The normalized spacial score (nSPS) is 31.1. The summed E-state index contributed by atoms with van der Waals surface area (Å²) in [6.45, 7) is -0.392. The third-order valence-electron chi connectivity index (χ3n) is 5.57. The molecule has 4 rings (SSSR count). The molecule has 8 heteroatoms. The first-order chi connectivity index (χ1) is 14.6. The molecule has 2 saturated heterocycles. The Kier molecular flexibility index (Phi) is 6.52. The van der Waals surface area contributed by atoms with Crippen LogP contribution < -0.4 is 10.6 Å². The molecule has 0 aromatic heterocycles. The predicted molar refractivity (Wildman–Crippen MR) is 112 cm³/mol. The standard InChI is InChI=1S/C22H28N2O6/c25-11-19-17(27)9-21(29-19)23-15-5-1-13(2-6-15)14-3-7-16(8-4-14)24-22-10-18(28)20(12-26)30-22/h1-8,17-28H,9-12H2/t17-,18-,19-,20-,21-,22+/m0/s1. The number of aliphatic hydroxyl groups excluding tert-OH is 4. The SMILES string of the molecule is OC[C@@H]1O[C@@H](Nc2ccc(-c3ccc(N[C@@H]4C[C@H](O)[C@H](CO)O4)cc3)cc2)C[C@@H]1O. The highest BCUT2D eigenvalue weighted by Gasteiger charge is 2.34. The van der Waals surface area contributed by atoms with E-state index < -0.39 is 24.4 Å². The summed E-state index contributed by atoms with van der Waals surface area (Å²) in [5.74, 6) is 0. The van der Waals surface area contributed by atoms with E-state index in [0.29, 0.717) is 12.8 Å². The zero-order valence-corrected chi connectivity index (χ0v) is 16.5. The van der Waals surface area contributed by atoms with E-state index >= 15 is 0 Å². The van der Waals surface area contributed by atoms with E-state index in [9.17, 15) is 20.4 Å². The molecule has 2 aromatic carbocycles. The van der Waals surface area contributed by atoms with Crippen LogP contribution >= 0.6 is 0 Å². The fourth-order valence-corrected chi connectivity index (χ4v) is 3.86. The monoisotopic (exact) mass is 416 g/mol. The molecule has 30 heavy (non-hydrogen) atoms. The molecule has 162 valence electrons. The molecule has 0 radical (unpaired) electrons. The molecule has 0 bridgehead atoms. The summed E-state index contributed by atoms with van der Waals surface area (Å²) in [6, 6.07) is 15.8. The van der Waals surface area contributed by atoms with Crippen molar-refractivity contribution < 1.29 is 29.9 Å². The van der Waals surface area contributed by atoms with Crippen molar-refractivity contribution in [3.8, 4) is 11.1 Å². The van der Waals surface area contributed by atoms with Crippen molar-refractivity contribution >= 4 is 11.4 Å². The lowest BCUT2D eigenvalue weighted by atomic mass is 10.0. The van der Waals surface area contributed by atoms with Crippen LogP contribution in [0.4, 0.5) is 11.4 Å². The van der Waals surface area contributed by atoms with Gasteiger partial charge in [-0.2, -0.15) is 0 Å². The Hall–Kier alpha value is -2.20. The Balaban J connectivity index is 1.33. The molecule has 0 amide bonds. The van der Waals surface area contributed by atoms with Crippen LogP contribution in [0.3, 0.4) is 0 Å². The van der Waals surface area contributed by atoms with Crippen LogP contribution in [0.2, 0.25) is 0 Å². The number of hydrogen-bond acceptors (Lipinski definition) is 8. The molecule has 2 fully saturated rings. The van der Waals surface area contributed by atoms with Crippen molar-refractivity contribution in [2.45, 2.75) is 49.7 Å². The Morgan fingerprint density at radius 2 is 1.03 bits per heavy atom. The highest BCUT2D eigenvalue weighted by atomic mass is 16.5. The van der Waals surface area contributed by atoms with E-state index in [0.717, 1.165) is 22.5 Å². The van der Waals surface area contributed by atoms with Crippen LogP contribution in [0.1, 0.15) is 12.8 Å². The number of hydrogen-bond donors (Lipinski definition) is 6. The molecular weight excluding hydrogens is 388 g/mol. The Morgan fingerprint density at radius 3 is 1.33 bits per heavy atom. The number of benzene rings is 2. The van der Waals surface area contributed by atoms with Gasteiger partial charge in [0.25, 0.3) is 0 Å². The average molecular weight is 416 g/mol. The average Bonchev–Trinajstić information content (AvgIpc) is 3.30. The first-order valence-electron chi connectivity index (χ1n) is 10.2. The molecule has 0 spiro atoms. The maximum Gasteiger partial charge on any atom is 0.130 e. The minimum absolute atomic E-state index is 0.196. The molecular formula is C22H28N2O6. The zero-order chi connectivity index (χ0) is 21.1. The third-order valence-corrected chi connectivity index (χ3v) is 5.57. The highest BCUT2D eigenvalue weighted by Crippen LogP contribution is 2.27. The summed E-state index contributed by atoms with van der Waals surface area (Å²) < 4.78 is 11.1. The topological polar surface area (TPSA) is 123 Å². The Bertz CT molecular complexity index is 746. The summed E-state index contributed by atoms with van der Waals surface area (Å²) in [5.41, 5.74) is 3.87. The maximum atomic E-state index is 9.82. The van der Waals surface area contributed by atoms with Crippen LogP contribution in [0.25, 0.3) is 11.1 Å². The number of ether oxygens (including phenoxy) is 2. The van der Waals surface area contributed by atoms with Gasteiger partial charge in [0.15, 0.2) is 0 Å². The molecule has 6 atom stereocenters. The second kappa shape index (κ2) is 9.30. The van der Waals surface area contributed by atoms with Crippen LogP contribution in [-0.2, 0) is 9.47 Å². The second-order valence-electron chi connectivity index (χ2n) is 7.74. The van der Waals surface area contributed by atoms with Gasteiger partial charge >= 0.3 is 0 Å².